The number of halogens is 3. The van der Waals surface area contributed by atoms with Crippen LogP contribution >= 0.6 is 27.5 Å². The largest absolute Gasteiger partial charge is 0.463 e. The minimum absolute atomic E-state index is 0.174. The molecule has 2 rings (SSSR count). The van der Waals surface area contributed by atoms with Gasteiger partial charge in [0.15, 0.2) is 0 Å². The first-order valence-electron chi connectivity index (χ1n) is 4.07. The van der Waals surface area contributed by atoms with Crippen molar-refractivity contribution >= 4 is 33.2 Å². The van der Waals surface area contributed by atoms with Crippen molar-refractivity contribution in [2.75, 3.05) is 5.73 Å². The standard InChI is InChI=1S/C10H6BrClFNO/c11-7-1-2-15-10(7)6-3-5(13)4-8(12)9(6)14/h1-4H,14H2. The summed E-state index contributed by atoms with van der Waals surface area (Å²) in [5.41, 5.74) is 6.47. The van der Waals surface area contributed by atoms with Gasteiger partial charge in [-0.2, -0.15) is 0 Å². The van der Waals surface area contributed by atoms with Gasteiger partial charge in [-0.25, -0.2) is 4.39 Å². The maximum Gasteiger partial charge on any atom is 0.150 e. The first-order chi connectivity index (χ1) is 7.09. The Balaban J connectivity index is 2.68. The van der Waals surface area contributed by atoms with Crippen LogP contribution in [-0.4, -0.2) is 0 Å². The van der Waals surface area contributed by atoms with E-state index < -0.39 is 5.82 Å². The van der Waals surface area contributed by atoms with Crippen LogP contribution in [-0.2, 0) is 0 Å². The summed E-state index contributed by atoms with van der Waals surface area (Å²) in [4.78, 5) is 0. The Bertz CT molecular complexity index is 512. The zero-order valence-electron chi connectivity index (χ0n) is 7.43. The molecule has 2 nitrogen and oxygen atoms in total. The molecular weight excluding hydrogens is 284 g/mol. The second kappa shape index (κ2) is 3.87. The molecular formula is C10H6BrClFNO. The molecule has 1 aromatic heterocycles. The SMILES string of the molecule is Nc1c(Cl)cc(F)cc1-c1occc1Br. The summed E-state index contributed by atoms with van der Waals surface area (Å²) in [7, 11) is 0. The van der Waals surface area contributed by atoms with E-state index in [0.717, 1.165) is 6.07 Å². The topological polar surface area (TPSA) is 39.2 Å². The number of nitrogen functional groups attached to an aromatic ring is 1. The van der Waals surface area contributed by atoms with Gasteiger partial charge in [0.05, 0.1) is 21.4 Å². The van der Waals surface area contributed by atoms with Gasteiger partial charge in [0, 0.05) is 5.56 Å². The van der Waals surface area contributed by atoms with Gasteiger partial charge in [-0.1, -0.05) is 11.6 Å². The summed E-state index contributed by atoms with van der Waals surface area (Å²) in [6.45, 7) is 0. The van der Waals surface area contributed by atoms with Crippen molar-refractivity contribution in [1.82, 2.24) is 0 Å². The molecule has 78 valence electrons. The smallest absolute Gasteiger partial charge is 0.150 e. The summed E-state index contributed by atoms with van der Waals surface area (Å²) < 4.78 is 19.0. The van der Waals surface area contributed by atoms with E-state index in [9.17, 15) is 4.39 Å². The summed E-state index contributed by atoms with van der Waals surface area (Å²) >= 11 is 9.04. The van der Waals surface area contributed by atoms with Crippen molar-refractivity contribution in [1.29, 1.82) is 0 Å². The fourth-order valence-electron chi connectivity index (χ4n) is 1.26. The normalized spacial score (nSPS) is 10.6. The lowest BCUT2D eigenvalue weighted by Gasteiger charge is -2.05. The zero-order valence-corrected chi connectivity index (χ0v) is 9.77. The zero-order chi connectivity index (χ0) is 11.0. The number of hydrogen-bond acceptors (Lipinski definition) is 2. The molecule has 0 aliphatic heterocycles. The number of hydrogen-bond donors (Lipinski definition) is 1. The molecule has 2 N–H and O–H groups in total. The fourth-order valence-corrected chi connectivity index (χ4v) is 1.88. The van der Waals surface area contributed by atoms with E-state index in [1.54, 1.807) is 6.07 Å². The van der Waals surface area contributed by atoms with Crippen LogP contribution in [0.5, 0.6) is 0 Å². The molecule has 0 atom stereocenters. The Kier molecular flexibility index (Phi) is 2.71. The molecule has 0 unspecified atom stereocenters. The highest BCUT2D eigenvalue weighted by atomic mass is 79.9. The van der Waals surface area contributed by atoms with E-state index in [-0.39, 0.29) is 5.02 Å². The molecule has 5 heteroatoms. The quantitative estimate of drug-likeness (QED) is 0.804. The molecule has 0 saturated heterocycles. The first kappa shape index (κ1) is 10.5. The molecule has 0 aliphatic carbocycles. The summed E-state index contributed by atoms with van der Waals surface area (Å²) in [5, 5.41) is 0.174. The Morgan fingerprint density at radius 1 is 1.40 bits per heavy atom. The Morgan fingerprint density at radius 2 is 2.13 bits per heavy atom. The predicted octanol–water partition coefficient (Wildman–Crippen LogP) is 4.08. The third-order valence-corrected chi connectivity index (χ3v) is 2.89. The Hall–Kier alpha value is -1.00. The van der Waals surface area contributed by atoms with Crippen LogP contribution in [0.3, 0.4) is 0 Å². The molecule has 0 saturated carbocycles. The minimum Gasteiger partial charge on any atom is -0.463 e. The second-order valence-electron chi connectivity index (χ2n) is 2.95. The van der Waals surface area contributed by atoms with E-state index in [2.05, 4.69) is 15.9 Å². The summed E-state index contributed by atoms with van der Waals surface area (Å²) in [6.07, 6.45) is 1.48. The molecule has 1 aromatic carbocycles. The van der Waals surface area contributed by atoms with Gasteiger partial charge in [-0.05, 0) is 34.1 Å². The van der Waals surface area contributed by atoms with Crippen LogP contribution in [0, 0.1) is 5.82 Å². The van der Waals surface area contributed by atoms with E-state index in [1.165, 1.54) is 12.3 Å². The van der Waals surface area contributed by atoms with Crippen molar-refractivity contribution in [3.8, 4) is 11.3 Å². The summed E-state index contributed by atoms with van der Waals surface area (Å²) in [6, 6.07) is 4.15. The average Bonchev–Trinajstić information content (AvgIpc) is 2.58. The minimum atomic E-state index is -0.451. The van der Waals surface area contributed by atoms with Crippen molar-refractivity contribution in [3.05, 3.63) is 39.8 Å². The summed E-state index contributed by atoms with van der Waals surface area (Å²) in [5.74, 6) is 0.0152. The maximum absolute atomic E-state index is 13.1. The highest BCUT2D eigenvalue weighted by Gasteiger charge is 2.14. The van der Waals surface area contributed by atoms with Gasteiger partial charge in [0.1, 0.15) is 11.6 Å². The van der Waals surface area contributed by atoms with Crippen LogP contribution in [0.4, 0.5) is 10.1 Å². The van der Waals surface area contributed by atoms with Gasteiger partial charge in [0.2, 0.25) is 0 Å². The van der Waals surface area contributed by atoms with Crippen LogP contribution in [0.2, 0.25) is 5.02 Å². The molecule has 0 radical (unpaired) electrons. The number of benzene rings is 1. The van der Waals surface area contributed by atoms with Gasteiger partial charge in [0.25, 0.3) is 0 Å². The maximum atomic E-state index is 13.1. The third kappa shape index (κ3) is 1.87. The highest BCUT2D eigenvalue weighted by molar-refractivity contribution is 9.10. The molecule has 0 bridgehead atoms. The van der Waals surface area contributed by atoms with Gasteiger partial charge in [-0.15, -0.1) is 0 Å². The lowest BCUT2D eigenvalue weighted by atomic mass is 10.1. The van der Waals surface area contributed by atoms with Crippen molar-refractivity contribution in [3.63, 3.8) is 0 Å². The lowest BCUT2D eigenvalue weighted by molar-refractivity contribution is 0.579. The van der Waals surface area contributed by atoms with Crippen LogP contribution < -0.4 is 5.73 Å². The molecule has 0 amide bonds. The highest BCUT2D eigenvalue weighted by Crippen LogP contribution is 2.37. The van der Waals surface area contributed by atoms with Crippen molar-refractivity contribution < 1.29 is 8.81 Å². The third-order valence-electron chi connectivity index (χ3n) is 1.96. The first-order valence-corrected chi connectivity index (χ1v) is 5.24. The predicted molar refractivity (Wildman–Crippen MR) is 61.2 cm³/mol. The second-order valence-corrected chi connectivity index (χ2v) is 4.21. The number of nitrogens with two attached hydrogens (primary N) is 1. The molecule has 0 aliphatic rings. The van der Waals surface area contributed by atoms with Crippen LogP contribution in [0.15, 0.2) is 33.4 Å². The van der Waals surface area contributed by atoms with E-state index in [4.69, 9.17) is 21.8 Å². The monoisotopic (exact) mass is 289 g/mol. The van der Waals surface area contributed by atoms with E-state index in [0.29, 0.717) is 21.5 Å². The van der Waals surface area contributed by atoms with Gasteiger partial charge >= 0.3 is 0 Å². The molecule has 0 fully saturated rings. The molecule has 2 aromatic rings. The van der Waals surface area contributed by atoms with Crippen molar-refractivity contribution in [2.45, 2.75) is 0 Å². The van der Waals surface area contributed by atoms with E-state index >= 15 is 0 Å². The van der Waals surface area contributed by atoms with E-state index in [1.807, 2.05) is 0 Å². The van der Waals surface area contributed by atoms with Gasteiger partial charge in [-0.3, -0.25) is 0 Å². The van der Waals surface area contributed by atoms with Crippen molar-refractivity contribution in [2.24, 2.45) is 0 Å². The molecule has 0 spiro atoms. The van der Waals surface area contributed by atoms with Crippen LogP contribution in [0.1, 0.15) is 0 Å². The number of rotatable bonds is 1. The van der Waals surface area contributed by atoms with Crippen LogP contribution in [0.25, 0.3) is 11.3 Å². The number of furan rings is 1. The molecule has 1 heterocycles. The average molecular weight is 291 g/mol. The Morgan fingerprint density at radius 3 is 2.73 bits per heavy atom. The fraction of sp³-hybridized carbons (Fsp3) is 0. The number of anilines is 1. The Labute approximate surface area is 99.0 Å². The lowest BCUT2D eigenvalue weighted by Crippen LogP contribution is -1.92. The van der Waals surface area contributed by atoms with Gasteiger partial charge < -0.3 is 10.2 Å². The molecule has 15 heavy (non-hydrogen) atoms.